The Kier molecular flexibility index (Phi) is 5.88. The first-order valence-electron chi connectivity index (χ1n) is 6.91. The summed E-state index contributed by atoms with van der Waals surface area (Å²) >= 11 is 11.8. The van der Waals surface area contributed by atoms with Crippen molar-refractivity contribution in [1.82, 2.24) is 4.90 Å². The predicted molar refractivity (Wildman–Crippen MR) is 98.7 cm³/mol. The van der Waals surface area contributed by atoms with E-state index in [1.165, 1.54) is 0 Å². The Morgan fingerprint density at radius 2 is 2.09 bits per heavy atom. The van der Waals surface area contributed by atoms with Gasteiger partial charge in [-0.15, -0.1) is 0 Å². The standard InChI is InChI=1S/C15H18BrClINO3/c1-15(2,3)22-14(20)19-6-9(7-19)8-21-13-5-12(18)10(16)4-11(13)17/h4-5,9H,6-8H2,1-3H3. The second-order valence-corrected chi connectivity index (χ2v) is 8.68. The third kappa shape index (κ3) is 4.89. The van der Waals surface area contributed by atoms with Gasteiger partial charge in [-0.1, -0.05) is 11.6 Å². The van der Waals surface area contributed by atoms with Gasteiger partial charge in [0, 0.05) is 27.1 Å². The average molecular weight is 503 g/mol. The highest BCUT2D eigenvalue weighted by atomic mass is 127. The van der Waals surface area contributed by atoms with E-state index in [1.54, 1.807) is 4.90 Å². The molecule has 0 N–H and O–H groups in total. The van der Waals surface area contributed by atoms with Crippen molar-refractivity contribution in [2.24, 2.45) is 5.92 Å². The maximum atomic E-state index is 11.8. The van der Waals surface area contributed by atoms with Crippen LogP contribution in [0, 0.1) is 9.49 Å². The summed E-state index contributed by atoms with van der Waals surface area (Å²) < 4.78 is 13.1. The Morgan fingerprint density at radius 1 is 1.45 bits per heavy atom. The van der Waals surface area contributed by atoms with Gasteiger partial charge in [0.05, 0.1) is 11.6 Å². The van der Waals surface area contributed by atoms with E-state index in [0.717, 1.165) is 8.04 Å². The van der Waals surface area contributed by atoms with Crippen LogP contribution in [0.5, 0.6) is 5.75 Å². The molecule has 1 fully saturated rings. The molecule has 0 saturated carbocycles. The monoisotopic (exact) mass is 501 g/mol. The molecule has 1 aromatic carbocycles. The minimum absolute atomic E-state index is 0.264. The molecule has 2 rings (SSSR count). The van der Waals surface area contributed by atoms with Crippen molar-refractivity contribution in [3.63, 3.8) is 0 Å². The molecular weight excluding hydrogens is 484 g/mol. The van der Waals surface area contributed by atoms with E-state index in [2.05, 4.69) is 38.5 Å². The van der Waals surface area contributed by atoms with Crippen molar-refractivity contribution in [3.8, 4) is 5.75 Å². The van der Waals surface area contributed by atoms with Crippen LogP contribution in [0.3, 0.4) is 0 Å². The Labute approximate surface area is 157 Å². The van der Waals surface area contributed by atoms with E-state index in [0.29, 0.717) is 36.4 Å². The zero-order valence-electron chi connectivity index (χ0n) is 12.7. The molecule has 1 saturated heterocycles. The van der Waals surface area contributed by atoms with Crippen molar-refractivity contribution in [2.75, 3.05) is 19.7 Å². The lowest BCUT2D eigenvalue weighted by Crippen LogP contribution is -2.53. The van der Waals surface area contributed by atoms with Crippen LogP contribution < -0.4 is 4.74 Å². The molecule has 0 aromatic heterocycles. The quantitative estimate of drug-likeness (QED) is 0.434. The van der Waals surface area contributed by atoms with Crippen LogP contribution in [-0.2, 0) is 4.74 Å². The van der Waals surface area contributed by atoms with E-state index >= 15 is 0 Å². The van der Waals surface area contributed by atoms with E-state index in [4.69, 9.17) is 21.1 Å². The summed E-state index contributed by atoms with van der Waals surface area (Å²) in [6.45, 7) is 7.43. The molecule has 1 aliphatic heterocycles. The van der Waals surface area contributed by atoms with Crippen molar-refractivity contribution in [3.05, 3.63) is 25.2 Å². The van der Waals surface area contributed by atoms with Crippen molar-refractivity contribution < 1.29 is 14.3 Å². The minimum atomic E-state index is -0.458. The molecule has 4 nitrogen and oxygen atoms in total. The summed E-state index contributed by atoms with van der Waals surface area (Å²) in [5.74, 6) is 0.981. The molecule has 0 unspecified atom stereocenters. The summed E-state index contributed by atoms with van der Waals surface area (Å²) in [7, 11) is 0. The maximum absolute atomic E-state index is 11.8. The second-order valence-electron chi connectivity index (χ2n) is 6.26. The fourth-order valence-electron chi connectivity index (χ4n) is 1.97. The number of hydrogen-bond donors (Lipinski definition) is 0. The van der Waals surface area contributed by atoms with Crippen LogP contribution in [-0.4, -0.2) is 36.3 Å². The molecule has 0 spiro atoms. The van der Waals surface area contributed by atoms with Gasteiger partial charge in [0.25, 0.3) is 0 Å². The fraction of sp³-hybridized carbons (Fsp3) is 0.533. The highest BCUT2D eigenvalue weighted by molar-refractivity contribution is 14.1. The number of amides is 1. The molecule has 1 aromatic rings. The Hall–Kier alpha value is -0.210. The van der Waals surface area contributed by atoms with Crippen LogP contribution in [0.15, 0.2) is 16.6 Å². The van der Waals surface area contributed by atoms with Gasteiger partial charge in [-0.2, -0.15) is 0 Å². The average Bonchev–Trinajstić information content (AvgIpc) is 2.31. The molecule has 1 aliphatic rings. The largest absolute Gasteiger partial charge is 0.492 e. The predicted octanol–water partition coefficient (Wildman–Crippen LogP) is 4.95. The number of halogens is 3. The topological polar surface area (TPSA) is 38.8 Å². The molecule has 22 heavy (non-hydrogen) atoms. The number of nitrogens with zero attached hydrogens (tertiary/aromatic N) is 1. The molecule has 1 amide bonds. The van der Waals surface area contributed by atoms with Gasteiger partial charge in [0.2, 0.25) is 0 Å². The third-order valence-corrected chi connectivity index (χ3v) is 5.64. The smallest absolute Gasteiger partial charge is 0.410 e. The molecule has 1 heterocycles. The summed E-state index contributed by atoms with van der Waals surface area (Å²) in [6.07, 6.45) is -0.264. The summed E-state index contributed by atoms with van der Waals surface area (Å²) in [5, 5.41) is 0.579. The fourth-order valence-corrected chi connectivity index (χ4v) is 3.11. The SMILES string of the molecule is CC(C)(C)OC(=O)N1CC(COc2cc(I)c(Br)cc2Cl)C1. The van der Waals surface area contributed by atoms with Gasteiger partial charge in [-0.05, 0) is 71.4 Å². The highest BCUT2D eigenvalue weighted by Gasteiger charge is 2.34. The lowest BCUT2D eigenvalue weighted by atomic mass is 10.0. The van der Waals surface area contributed by atoms with Crippen LogP contribution in [0.2, 0.25) is 5.02 Å². The van der Waals surface area contributed by atoms with Gasteiger partial charge in [0.15, 0.2) is 0 Å². The van der Waals surface area contributed by atoms with E-state index < -0.39 is 5.60 Å². The van der Waals surface area contributed by atoms with Crippen LogP contribution in [0.1, 0.15) is 20.8 Å². The van der Waals surface area contributed by atoms with Crippen LogP contribution in [0.4, 0.5) is 4.79 Å². The molecule has 7 heteroatoms. The number of carbonyl (C=O) groups is 1. The second kappa shape index (κ2) is 7.13. The number of carbonyl (C=O) groups excluding carboxylic acids is 1. The zero-order valence-corrected chi connectivity index (χ0v) is 17.2. The van der Waals surface area contributed by atoms with Crippen molar-refractivity contribution in [1.29, 1.82) is 0 Å². The van der Waals surface area contributed by atoms with Gasteiger partial charge in [-0.3, -0.25) is 0 Å². The molecule has 0 aliphatic carbocycles. The number of ether oxygens (including phenoxy) is 2. The Balaban J connectivity index is 1.79. The molecule has 0 bridgehead atoms. The minimum Gasteiger partial charge on any atom is -0.492 e. The van der Waals surface area contributed by atoms with Crippen molar-refractivity contribution in [2.45, 2.75) is 26.4 Å². The highest BCUT2D eigenvalue weighted by Crippen LogP contribution is 2.32. The molecular formula is C15H18BrClINO3. The van der Waals surface area contributed by atoms with Gasteiger partial charge in [-0.25, -0.2) is 4.79 Å². The van der Waals surface area contributed by atoms with Crippen LogP contribution >= 0.6 is 50.1 Å². The van der Waals surface area contributed by atoms with Crippen LogP contribution in [0.25, 0.3) is 0 Å². The number of rotatable bonds is 3. The first-order chi connectivity index (χ1) is 10.2. The van der Waals surface area contributed by atoms with Gasteiger partial charge < -0.3 is 14.4 Å². The lowest BCUT2D eigenvalue weighted by Gasteiger charge is -2.39. The number of likely N-dealkylation sites (tertiary alicyclic amines) is 1. The summed E-state index contributed by atoms with van der Waals surface area (Å²) in [6, 6.07) is 3.73. The van der Waals surface area contributed by atoms with Crippen molar-refractivity contribution >= 4 is 56.2 Å². The Bertz CT molecular complexity index is 571. The Morgan fingerprint density at radius 3 is 2.68 bits per heavy atom. The molecule has 122 valence electrons. The summed E-state index contributed by atoms with van der Waals surface area (Å²) in [4.78, 5) is 13.5. The molecule has 0 atom stereocenters. The van der Waals surface area contributed by atoms with Gasteiger partial charge in [0.1, 0.15) is 11.4 Å². The zero-order chi connectivity index (χ0) is 16.5. The van der Waals surface area contributed by atoms with E-state index in [1.807, 2.05) is 32.9 Å². The summed E-state index contributed by atoms with van der Waals surface area (Å²) in [5.41, 5.74) is -0.458. The van der Waals surface area contributed by atoms with E-state index in [-0.39, 0.29) is 6.09 Å². The number of benzene rings is 1. The van der Waals surface area contributed by atoms with Gasteiger partial charge >= 0.3 is 6.09 Å². The molecule has 0 radical (unpaired) electrons. The third-order valence-electron chi connectivity index (χ3n) is 3.06. The maximum Gasteiger partial charge on any atom is 0.410 e. The lowest BCUT2D eigenvalue weighted by molar-refractivity contribution is -0.00781. The first kappa shape index (κ1) is 18.1. The number of hydrogen-bond acceptors (Lipinski definition) is 3. The normalized spacial score (nSPS) is 15.5. The first-order valence-corrected chi connectivity index (χ1v) is 9.16. The van der Waals surface area contributed by atoms with E-state index in [9.17, 15) is 4.79 Å².